The van der Waals surface area contributed by atoms with Gasteiger partial charge in [-0.15, -0.1) is 12.6 Å². The number of hydrogen-bond acceptors (Lipinski definition) is 4. The number of benzene rings is 1. The number of nitrogens with zero attached hydrogens (tertiary/aromatic N) is 2. The Morgan fingerprint density at radius 3 is 2.52 bits per heavy atom. The van der Waals surface area contributed by atoms with Gasteiger partial charge in [0.25, 0.3) is 11.6 Å². The average molecular weight is 304 g/mol. The van der Waals surface area contributed by atoms with E-state index in [9.17, 15) is 14.9 Å². The molecule has 1 atom stereocenters. The van der Waals surface area contributed by atoms with E-state index in [1.807, 2.05) is 0 Å². The van der Waals surface area contributed by atoms with Crippen molar-refractivity contribution in [3.8, 4) is 0 Å². The maximum atomic E-state index is 12.4. The molecule has 3 rings (SSSR count). The number of nitro groups is 1. The van der Waals surface area contributed by atoms with Crippen molar-refractivity contribution in [2.75, 3.05) is 0 Å². The second-order valence-electron chi connectivity index (χ2n) is 5.44. The average Bonchev–Trinajstić information content (AvgIpc) is 2.73. The van der Waals surface area contributed by atoms with Gasteiger partial charge in [-0.3, -0.25) is 14.9 Å². The number of hydrogen-bond donors (Lipinski definition) is 1. The first-order valence-corrected chi connectivity index (χ1v) is 7.54. The van der Waals surface area contributed by atoms with Crippen molar-refractivity contribution in [2.24, 2.45) is 0 Å². The largest absolute Gasteiger partial charge is 0.319 e. The van der Waals surface area contributed by atoms with Gasteiger partial charge >= 0.3 is 0 Å². The molecule has 6 heteroatoms. The molecule has 1 amide bonds. The molecule has 0 fully saturated rings. The van der Waals surface area contributed by atoms with E-state index in [-0.39, 0.29) is 17.0 Å². The van der Waals surface area contributed by atoms with Gasteiger partial charge in [-0.05, 0) is 36.8 Å². The summed E-state index contributed by atoms with van der Waals surface area (Å²) in [5.41, 5.74) is 3.04. The highest BCUT2D eigenvalue weighted by molar-refractivity contribution is 7.81. The van der Waals surface area contributed by atoms with E-state index in [1.165, 1.54) is 12.1 Å². The summed E-state index contributed by atoms with van der Waals surface area (Å²) in [6.07, 6.45) is 3.99. The van der Waals surface area contributed by atoms with Crippen molar-refractivity contribution in [3.05, 3.63) is 51.1 Å². The molecular weight excluding hydrogens is 288 g/mol. The zero-order valence-corrected chi connectivity index (χ0v) is 12.4. The van der Waals surface area contributed by atoms with Gasteiger partial charge in [0.05, 0.1) is 10.3 Å². The van der Waals surface area contributed by atoms with Gasteiger partial charge in [0, 0.05) is 24.3 Å². The number of nitro benzene ring substituents is 1. The van der Waals surface area contributed by atoms with Gasteiger partial charge in [0.1, 0.15) is 0 Å². The van der Waals surface area contributed by atoms with Crippen LogP contribution in [0.15, 0.2) is 35.4 Å². The highest BCUT2D eigenvalue weighted by atomic mass is 32.1. The van der Waals surface area contributed by atoms with Gasteiger partial charge in [-0.1, -0.05) is 12.1 Å². The monoisotopic (exact) mass is 304 g/mol. The smallest absolute Gasteiger partial charge is 0.269 e. The lowest BCUT2D eigenvalue weighted by molar-refractivity contribution is -0.384. The van der Waals surface area contributed by atoms with Crippen molar-refractivity contribution in [1.82, 2.24) is 4.90 Å². The Morgan fingerprint density at radius 1 is 1.24 bits per heavy atom. The van der Waals surface area contributed by atoms with Crippen LogP contribution in [0, 0.1) is 10.1 Å². The number of non-ortho nitro benzene ring substituents is 1. The number of carbonyl (C=O) groups is 1. The van der Waals surface area contributed by atoms with Crippen LogP contribution in [0.4, 0.5) is 5.69 Å². The predicted molar refractivity (Wildman–Crippen MR) is 81.9 cm³/mol. The van der Waals surface area contributed by atoms with E-state index in [2.05, 4.69) is 12.6 Å². The topological polar surface area (TPSA) is 63.5 Å². The lowest BCUT2D eigenvalue weighted by Crippen LogP contribution is -2.31. The second-order valence-corrected chi connectivity index (χ2v) is 5.93. The van der Waals surface area contributed by atoms with Gasteiger partial charge in [0.2, 0.25) is 0 Å². The van der Waals surface area contributed by atoms with Crippen LogP contribution in [0.5, 0.6) is 0 Å². The molecule has 0 saturated heterocycles. The molecule has 0 N–H and O–H groups in total. The first-order chi connectivity index (χ1) is 10.1. The number of rotatable bonds is 3. The van der Waals surface area contributed by atoms with Crippen LogP contribution in [-0.4, -0.2) is 21.1 Å². The molecule has 0 bridgehead atoms. The highest BCUT2D eigenvalue weighted by Gasteiger charge is 2.37. The molecule has 1 aromatic carbocycles. The van der Waals surface area contributed by atoms with Crippen molar-refractivity contribution < 1.29 is 9.72 Å². The first-order valence-electron chi connectivity index (χ1n) is 7.02. The summed E-state index contributed by atoms with van der Waals surface area (Å²) >= 11 is 4.59. The number of amides is 1. The SMILES string of the molecule is O=C1C2=C(CCCC2)C(S)N1Cc1ccc([N+](=O)[O-])cc1. The molecule has 1 unspecified atom stereocenters. The van der Waals surface area contributed by atoms with E-state index < -0.39 is 4.92 Å². The van der Waals surface area contributed by atoms with Gasteiger partial charge in [-0.25, -0.2) is 0 Å². The lowest BCUT2D eigenvalue weighted by atomic mass is 9.94. The molecule has 1 aliphatic heterocycles. The van der Waals surface area contributed by atoms with Crippen LogP contribution >= 0.6 is 12.6 Å². The second kappa shape index (κ2) is 5.52. The standard InChI is InChI=1S/C15H16N2O3S/c18-14-12-3-1-2-4-13(12)15(21)16(14)9-10-5-7-11(8-6-10)17(19)20/h5-8,15,21H,1-4,9H2. The summed E-state index contributed by atoms with van der Waals surface area (Å²) in [6, 6.07) is 6.33. The molecule has 0 spiro atoms. The maximum Gasteiger partial charge on any atom is 0.269 e. The Balaban J connectivity index is 1.77. The Hall–Kier alpha value is -1.82. The van der Waals surface area contributed by atoms with E-state index in [1.54, 1.807) is 17.0 Å². The third kappa shape index (κ3) is 2.55. The summed E-state index contributed by atoms with van der Waals surface area (Å²) < 4.78 is 0. The lowest BCUT2D eigenvalue weighted by Gasteiger charge is -2.23. The Bertz CT molecular complexity index is 624. The van der Waals surface area contributed by atoms with Crippen LogP contribution in [-0.2, 0) is 11.3 Å². The van der Waals surface area contributed by atoms with Gasteiger partial charge < -0.3 is 4.90 Å². The minimum Gasteiger partial charge on any atom is -0.319 e. The molecule has 21 heavy (non-hydrogen) atoms. The molecule has 2 aliphatic rings. The molecule has 110 valence electrons. The van der Waals surface area contributed by atoms with Crippen LogP contribution < -0.4 is 0 Å². The molecule has 0 saturated carbocycles. The van der Waals surface area contributed by atoms with Crippen molar-refractivity contribution in [3.63, 3.8) is 0 Å². The zero-order valence-electron chi connectivity index (χ0n) is 11.5. The fourth-order valence-electron chi connectivity index (χ4n) is 3.01. The van der Waals surface area contributed by atoms with E-state index in [4.69, 9.17) is 0 Å². The Morgan fingerprint density at radius 2 is 1.90 bits per heavy atom. The minimum absolute atomic E-state index is 0.0614. The van der Waals surface area contributed by atoms with Gasteiger partial charge in [-0.2, -0.15) is 0 Å². The van der Waals surface area contributed by atoms with Crippen LogP contribution in [0.25, 0.3) is 0 Å². The van der Waals surface area contributed by atoms with Crippen LogP contribution in [0.2, 0.25) is 0 Å². The maximum absolute atomic E-state index is 12.4. The van der Waals surface area contributed by atoms with Crippen LogP contribution in [0.3, 0.4) is 0 Å². The zero-order chi connectivity index (χ0) is 15.0. The van der Waals surface area contributed by atoms with E-state index in [0.29, 0.717) is 6.54 Å². The number of carbonyl (C=O) groups excluding carboxylic acids is 1. The third-order valence-electron chi connectivity index (χ3n) is 4.14. The van der Waals surface area contributed by atoms with Gasteiger partial charge in [0.15, 0.2) is 0 Å². The molecule has 1 aliphatic carbocycles. The fourth-order valence-corrected chi connectivity index (χ4v) is 3.48. The normalized spacial score (nSPS) is 21.7. The highest BCUT2D eigenvalue weighted by Crippen LogP contribution is 2.38. The Labute approximate surface area is 128 Å². The van der Waals surface area contributed by atoms with Crippen molar-refractivity contribution in [1.29, 1.82) is 0 Å². The van der Waals surface area contributed by atoms with Crippen molar-refractivity contribution in [2.45, 2.75) is 37.6 Å². The summed E-state index contributed by atoms with van der Waals surface area (Å²) in [6.45, 7) is 0.442. The Kier molecular flexibility index (Phi) is 3.71. The predicted octanol–water partition coefficient (Wildman–Crippen LogP) is 3.06. The van der Waals surface area contributed by atoms with Crippen molar-refractivity contribution >= 4 is 24.2 Å². The summed E-state index contributed by atoms with van der Waals surface area (Å²) in [5.74, 6) is 0.0723. The molecule has 1 aromatic rings. The summed E-state index contributed by atoms with van der Waals surface area (Å²) in [5, 5.41) is 10.5. The summed E-state index contributed by atoms with van der Waals surface area (Å²) in [7, 11) is 0. The molecule has 1 heterocycles. The first kappa shape index (κ1) is 14.1. The molecule has 5 nitrogen and oxygen atoms in total. The molecular formula is C15H16N2O3S. The van der Waals surface area contributed by atoms with E-state index >= 15 is 0 Å². The molecule has 0 radical (unpaired) electrons. The summed E-state index contributed by atoms with van der Waals surface area (Å²) in [4.78, 5) is 24.4. The quantitative estimate of drug-likeness (QED) is 0.530. The minimum atomic E-state index is -0.424. The van der Waals surface area contributed by atoms with Crippen LogP contribution in [0.1, 0.15) is 31.2 Å². The van der Waals surface area contributed by atoms with E-state index in [0.717, 1.165) is 42.4 Å². The number of thiol groups is 1. The molecule has 0 aromatic heterocycles. The fraction of sp³-hybridized carbons (Fsp3) is 0.400. The third-order valence-corrected chi connectivity index (χ3v) is 4.73.